The highest BCUT2D eigenvalue weighted by molar-refractivity contribution is 5.87. The van der Waals surface area contributed by atoms with Crippen LogP contribution in [0.15, 0.2) is 54.6 Å². The van der Waals surface area contributed by atoms with E-state index in [1.165, 1.54) is 29.3 Å². The number of fused-ring (bicyclic) bond motifs is 5. The lowest BCUT2D eigenvalue weighted by Gasteiger charge is -2.50. The van der Waals surface area contributed by atoms with Crippen LogP contribution in [0.3, 0.4) is 0 Å². The standard InChI is InChI=1S/C27H34N4O2/c1-30(2)14-13-28-19-15-23(18-9-5-4-6-10-18)31-24(16-19)26-21(17-25(31)27(32)33-3)20-11-7-8-12-22(20)29-26/h4-12,19,23-25,28-29H,13-17H2,1-3H3/t19-,23-,24+,25-/m0/s1. The average molecular weight is 447 g/mol. The first-order valence-corrected chi connectivity index (χ1v) is 11.9. The Labute approximate surface area is 195 Å². The molecule has 1 fully saturated rings. The first kappa shape index (κ1) is 22.1. The molecule has 4 atom stereocenters. The molecule has 1 aromatic heterocycles. The molecular formula is C27H34N4O2. The molecule has 0 amide bonds. The molecule has 0 saturated carbocycles. The van der Waals surface area contributed by atoms with Gasteiger partial charge in [0.05, 0.1) is 13.2 Å². The van der Waals surface area contributed by atoms with Crippen molar-refractivity contribution in [1.29, 1.82) is 0 Å². The van der Waals surface area contributed by atoms with Crippen molar-refractivity contribution in [3.8, 4) is 0 Å². The van der Waals surface area contributed by atoms with Crippen molar-refractivity contribution < 1.29 is 9.53 Å². The van der Waals surface area contributed by atoms with Gasteiger partial charge in [0.25, 0.3) is 0 Å². The van der Waals surface area contributed by atoms with Gasteiger partial charge in [0, 0.05) is 48.2 Å². The van der Waals surface area contributed by atoms with Crippen molar-refractivity contribution >= 4 is 16.9 Å². The van der Waals surface area contributed by atoms with E-state index in [2.05, 4.69) is 88.8 Å². The lowest BCUT2D eigenvalue weighted by Crippen LogP contribution is -2.56. The average Bonchev–Trinajstić information content (AvgIpc) is 3.22. The van der Waals surface area contributed by atoms with Crippen molar-refractivity contribution in [2.24, 2.45) is 0 Å². The summed E-state index contributed by atoms with van der Waals surface area (Å²) >= 11 is 0. The molecule has 33 heavy (non-hydrogen) atoms. The van der Waals surface area contributed by atoms with Gasteiger partial charge in [-0.1, -0.05) is 48.5 Å². The third kappa shape index (κ3) is 4.19. The van der Waals surface area contributed by atoms with Crippen molar-refractivity contribution in [3.05, 3.63) is 71.4 Å². The van der Waals surface area contributed by atoms with Crippen LogP contribution in [0.5, 0.6) is 0 Å². The molecule has 2 aromatic carbocycles. The summed E-state index contributed by atoms with van der Waals surface area (Å²) in [5, 5.41) is 5.03. The van der Waals surface area contributed by atoms with Crippen LogP contribution in [0, 0.1) is 0 Å². The highest BCUT2D eigenvalue weighted by atomic mass is 16.5. The van der Waals surface area contributed by atoms with Crippen LogP contribution < -0.4 is 5.32 Å². The predicted molar refractivity (Wildman–Crippen MR) is 131 cm³/mol. The third-order valence-electron chi connectivity index (χ3n) is 7.32. The number of hydrogen-bond donors (Lipinski definition) is 2. The summed E-state index contributed by atoms with van der Waals surface area (Å²) in [7, 11) is 5.72. The van der Waals surface area contributed by atoms with Crippen LogP contribution in [-0.4, -0.2) is 67.1 Å². The summed E-state index contributed by atoms with van der Waals surface area (Å²) < 4.78 is 5.33. The zero-order valence-corrected chi connectivity index (χ0v) is 19.8. The molecule has 0 unspecified atom stereocenters. The van der Waals surface area contributed by atoms with Crippen molar-refractivity contribution in [2.45, 2.75) is 43.4 Å². The Balaban J connectivity index is 1.58. The second kappa shape index (κ2) is 9.29. The minimum atomic E-state index is -0.292. The van der Waals surface area contributed by atoms with Crippen molar-refractivity contribution in [3.63, 3.8) is 0 Å². The molecule has 1 saturated heterocycles. The number of para-hydroxylation sites is 1. The Morgan fingerprint density at radius 2 is 1.82 bits per heavy atom. The summed E-state index contributed by atoms with van der Waals surface area (Å²) in [4.78, 5) is 21.5. The van der Waals surface area contributed by atoms with E-state index in [-0.39, 0.29) is 24.1 Å². The van der Waals surface area contributed by atoms with E-state index in [1.807, 2.05) is 0 Å². The Morgan fingerprint density at radius 3 is 2.58 bits per heavy atom. The summed E-state index contributed by atoms with van der Waals surface area (Å²) in [6.07, 6.45) is 2.60. The Kier molecular flexibility index (Phi) is 6.23. The first-order valence-electron chi connectivity index (χ1n) is 11.9. The fraction of sp³-hybridized carbons (Fsp3) is 0.444. The maximum absolute atomic E-state index is 13.1. The molecule has 6 heteroatoms. The van der Waals surface area contributed by atoms with Gasteiger partial charge in [-0.2, -0.15) is 0 Å². The fourth-order valence-corrected chi connectivity index (χ4v) is 5.80. The zero-order chi connectivity index (χ0) is 22.9. The number of hydrogen-bond acceptors (Lipinski definition) is 5. The fourth-order valence-electron chi connectivity index (χ4n) is 5.80. The van der Waals surface area contributed by atoms with Gasteiger partial charge in [0.15, 0.2) is 0 Å². The van der Waals surface area contributed by atoms with Crippen LogP contribution in [-0.2, 0) is 16.0 Å². The number of H-pyrrole nitrogens is 1. The van der Waals surface area contributed by atoms with Gasteiger partial charge < -0.3 is 19.9 Å². The van der Waals surface area contributed by atoms with E-state index < -0.39 is 0 Å². The van der Waals surface area contributed by atoms with Gasteiger partial charge >= 0.3 is 5.97 Å². The van der Waals surface area contributed by atoms with Crippen LogP contribution in [0.4, 0.5) is 0 Å². The maximum Gasteiger partial charge on any atom is 0.323 e. The minimum Gasteiger partial charge on any atom is -0.468 e. The lowest BCUT2D eigenvalue weighted by molar-refractivity contribution is -0.152. The monoisotopic (exact) mass is 446 g/mol. The van der Waals surface area contributed by atoms with Crippen LogP contribution in [0.25, 0.3) is 10.9 Å². The predicted octanol–water partition coefficient (Wildman–Crippen LogP) is 3.66. The molecule has 5 rings (SSSR count). The van der Waals surface area contributed by atoms with E-state index in [4.69, 9.17) is 4.74 Å². The number of nitrogens with one attached hydrogen (secondary N) is 2. The Hall–Kier alpha value is -2.67. The van der Waals surface area contributed by atoms with E-state index in [0.29, 0.717) is 12.5 Å². The number of benzene rings is 2. The second-order valence-electron chi connectivity index (χ2n) is 9.62. The van der Waals surface area contributed by atoms with Crippen LogP contribution in [0.1, 0.15) is 41.7 Å². The number of likely N-dealkylation sites (N-methyl/N-ethyl adjacent to an activating group) is 1. The largest absolute Gasteiger partial charge is 0.468 e. The summed E-state index contributed by atoms with van der Waals surface area (Å²) in [6.45, 7) is 1.95. The molecule has 0 radical (unpaired) electrons. The molecule has 2 N–H and O–H groups in total. The topological polar surface area (TPSA) is 60.6 Å². The van der Waals surface area contributed by atoms with Gasteiger partial charge in [0.1, 0.15) is 6.04 Å². The normalized spacial score (nSPS) is 25.1. The number of carbonyl (C=O) groups excluding carboxylic acids is 1. The molecule has 0 aliphatic carbocycles. The summed E-state index contributed by atoms with van der Waals surface area (Å²) in [5.74, 6) is -0.143. The lowest BCUT2D eigenvalue weighted by atomic mass is 9.79. The minimum absolute atomic E-state index is 0.126. The van der Waals surface area contributed by atoms with Crippen molar-refractivity contribution in [2.75, 3.05) is 34.3 Å². The molecular weight excluding hydrogens is 412 g/mol. The Morgan fingerprint density at radius 1 is 1.09 bits per heavy atom. The quantitative estimate of drug-likeness (QED) is 0.566. The highest BCUT2D eigenvalue weighted by Gasteiger charge is 2.48. The van der Waals surface area contributed by atoms with Gasteiger partial charge in [0.2, 0.25) is 0 Å². The molecule has 2 aliphatic heterocycles. The van der Waals surface area contributed by atoms with Gasteiger partial charge in [-0.15, -0.1) is 0 Å². The van der Waals surface area contributed by atoms with Crippen LogP contribution >= 0.6 is 0 Å². The molecule has 6 nitrogen and oxygen atoms in total. The number of carbonyl (C=O) groups is 1. The summed E-state index contributed by atoms with van der Waals surface area (Å²) in [5.41, 5.74) is 4.93. The highest BCUT2D eigenvalue weighted by Crippen LogP contribution is 2.48. The van der Waals surface area contributed by atoms with Gasteiger partial charge in [-0.25, -0.2) is 0 Å². The van der Waals surface area contributed by atoms with Crippen molar-refractivity contribution in [1.82, 2.24) is 20.1 Å². The van der Waals surface area contributed by atoms with E-state index in [0.717, 1.165) is 31.4 Å². The number of rotatable bonds is 6. The molecule has 0 bridgehead atoms. The van der Waals surface area contributed by atoms with E-state index in [9.17, 15) is 4.79 Å². The SMILES string of the molecule is COC(=O)[C@@H]1Cc2c([nH]c3ccccc23)[C@H]2C[C@@H](NCCN(C)C)C[C@@H](c3ccccc3)N21. The molecule has 0 spiro atoms. The molecule has 3 aromatic rings. The van der Waals surface area contributed by atoms with Gasteiger partial charge in [-0.05, 0) is 44.1 Å². The number of piperidine rings is 1. The summed E-state index contributed by atoms with van der Waals surface area (Å²) in [6, 6.07) is 19.4. The zero-order valence-electron chi connectivity index (χ0n) is 19.8. The van der Waals surface area contributed by atoms with E-state index in [1.54, 1.807) is 0 Å². The molecule has 174 valence electrons. The van der Waals surface area contributed by atoms with Gasteiger partial charge in [-0.3, -0.25) is 9.69 Å². The number of methoxy groups -OCH3 is 1. The number of nitrogens with zero attached hydrogens (tertiary/aromatic N) is 2. The van der Waals surface area contributed by atoms with E-state index >= 15 is 0 Å². The molecule has 3 heterocycles. The number of ether oxygens (including phenoxy) is 1. The second-order valence-corrected chi connectivity index (χ2v) is 9.62. The van der Waals surface area contributed by atoms with Crippen LogP contribution in [0.2, 0.25) is 0 Å². The number of esters is 1. The first-order chi connectivity index (χ1) is 16.1. The maximum atomic E-state index is 13.1. The third-order valence-corrected chi connectivity index (χ3v) is 7.32. The molecule has 2 aliphatic rings. The Bertz CT molecular complexity index is 1110. The number of aromatic amines is 1. The smallest absolute Gasteiger partial charge is 0.323 e. The number of aromatic nitrogens is 1.